The third-order valence-corrected chi connectivity index (χ3v) is 2.79. The minimum Gasteiger partial charge on any atom is -0.327 e. The quantitative estimate of drug-likeness (QED) is 0.846. The fourth-order valence-corrected chi connectivity index (χ4v) is 2.08. The lowest BCUT2D eigenvalue weighted by atomic mass is 9.86. The molecule has 1 rings (SSSR count). The third kappa shape index (κ3) is 4.75. The van der Waals surface area contributed by atoms with Crippen LogP contribution in [-0.2, 0) is 0 Å². The highest BCUT2D eigenvalue weighted by Gasteiger charge is 2.20. The Hall–Kier alpha value is -0.930. The normalized spacial score (nSPS) is 13.4. The summed E-state index contributed by atoms with van der Waals surface area (Å²) in [6.07, 6.45) is 0.865. The average Bonchev–Trinajstić information content (AvgIpc) is 2.13. The molecule has 1 atom stereocenters. The van der Waals surface area contributed by atoms with E-state index >= 15 is 0 Å². The summed E-state index contributed by atoms with van der Waals surface area (Å²) >= 11 is 5.64. The SMILES string of the molecule is CC(C)(C)CC(N)CC(=O)c1ccc(Cl)cc1F. The van der Waals surface area contributed by atoms with Crippen LogP contribution >= 0.6 is 11.6 Å². The number of nitrogens with two attached hydrogens (primary N) is 1. The zero-order valence-corrected chi connectivity index (χ0v) is 11.7. The molecule has 0 amide bonds. The van der Waals surface area contributed by atoms with Gasteiger partial charge in [-0.25, -0.2) is 4.39 Å². The number of Topliss-reactive ketones (excluding diaryl/α,β-unsaturated/α-hetero) is 1. The molecule has 0 heterocycles. The summed E-state index contributed by atoms with van der Waals surface area (Å²) in [6.45, 7) is 6.17. The van der Waals surface area contributed by atoms with Gasteiger partial charge in [0.05, 0.1) is 5.56 Å². The van der Waals surface area contributed by atoms with E-state index in [2.05, 4.69) is 20.8 Å². The maximum absolute atomic E-state index is 13.5. The number of rotatable bonds is 4. The van der Waals surface area contributed by atoms with Gasteiger partial charge in [0, 0.05) is 17.5 Å². The van der Waals surface area contributed by atoms with Crippen LogP contribution in [0.4, 0.5) is 4.39 Å². The summed E-state index contributed by atoms with van der Waals surface area (Å²) in [4.78, 5) is 11.9. The van der Waals surface area contributed by atoms with Crippen LogP contribution in [0.15, 0.2) is 18.2 Å². The molecule has 0 saturated carbocycles. The molecule has 0 aliphatic carbocycles. The number of hydrogen-bond acceptors (Lipinski definition) is 2. The number of ketones is 1. The van der Waals surface area contributed by atoms with Crippen molar-refractivity contribution >= 4 is 17.4 Å². The summed E-state index contributed by atoms with van der Waals surface area (Å²) in [5.74, 6) is -0.864. The summed E-state index contributed by atoms with van der Waals surface area (Å²) < 4.78 is 13.5. The first kappa shape index (κ1) is 15.1. The fraction of sp³-hybridized carbons (Fsp3) is 0.500. The van der Waals surface area contributed by atoms with Crippen LogP contribution < -0.4 is 5.73 Å². The van der Waals surface area contributed by atoms with Crippen LogP contribution in [-0.4, -0.2) is 11.8 Å². The highest BCUT2D eigenvalue weighted by Crippen LogP contribution is 2.23. The zero-order chi connectivity index (χ0) is 13.9. The molecule has 100 valence electrons. The second-order valence-corrected chi connectivity index (χ2v) is 6.21. The number of hydrogen-bond donors (Lipinski definition) is 1. The lowest BCUT2D eigenvalue weighted by molar-refractivity contribution is 0.0964. The van der Waals surface area contributed by atoms with Crippen LogP contribution in [0.3, 0.4) is 0 Å². The molecule has 2 N–H and O–H groups in total. The van der Waals surface area contributed by atoms with E-state index in [0.717, 1.165) is 6.07 Å². The molecular formula is C14H19ClFNO. The molecule has 0 spiro atoms. The van der Waals surface area contributed by atoms with Gasteiger partial charge in [0.2, 0.25) is 0 Å². The Morgan fingerprint density at radius 2 is 2.06 bits per heavy atom. The lowest BCUT2D eigenvalue weighted by Crippen LogP contribution is -2.29. The first-order chi connectivity index (χ1) is 8.19. The monoisotopic (exact) mass is 271 g/mol. The predicted octanol–water partition coefficient (Wildman–Crippen LogP) is 3.82. The average molecular weight is 272 g/mol. The van der Waals surface area contributed by atoms with Gasteiger partial charge in [-0.15, -0.1) is 0 Å². The molecule has 1 unspecified atom stereocenters. The first-order valence-electron chi connectivity index (χ1n) is 5.93. The molecule has 1 aromatic rings. The Bertz CT molecular complexity index is 440. The number of benzene rings is 1. The van der Waals surface area contributed by atoms with Crippen molar-refractivity contribution in [2.24, 2.45) is 11.1 Å². The van der Waals surface area contributed by atoms with E-state index < -0.39 is 5.82 Å². The molecule has 0 fully saturated rings. The van der Waals surface area contributed by atoms with Gasteiger partial charge >= 0.3 is 0 Å². The molecule has 0 aromatic heterocycles. The molecule has 0 saturated heterocycles. The van der Waals surface area contributed by atoms with E-state index in [4.69, 9.17) is 17.3 Å². The van der Waals surface area contributed by atoms with Gasteiger partial charge in [0.15, 0.2) is 5.78 Å². The Balaban J connectivity index is 2.71. The second kappa shape index (κ2) is 5.81. The Morgan fingerprint density at radius 1 is 1.44 bits per heavy atom. The van der Waals surface area contributed by atoms with Gasteiger partial charge in [-0.05, 0) is 30.0 Å². The van der Waals surface area contributed by atoms with Crippen molar-refractivity contribution in [1.29, 1.82) is 0 Å². The van der Waals surface area contributed by atoms with Crippen LogP contribution in [0.25, 0.3) is 0 Å². The highest BCUT2D eigenvalue weighted by atomic mass is 35.5. The molecular weight excluding hydrogens is 253 g/mol. The lowest BCUT2D eigenvalue weighted by Gasteiger charge is -2.22. The maximum atomic E-state index is 13.5. The number of carbonyl (C=O) groups is 1. The van der Waals surface area contributed by atoms with E-state index in [0.29, 0.717) is 6.42 Å². The van der Waals surface area contributed by atoms with E-state index in [-0.39, 0.29) is 34.2 Å². The summed E-state index contributed by atoms with van der Waals surface area (Å²) in [5.41, 5.74) is 6.02. The van der Waals surface area contributed by atoms with Gasteiger partial charge < -0.3 is 5.73 Å². The standard InChI is InChI=1S/C14H19ClFNO/c1-14(2,3)8-10(17)7-13(18)11-5-4-9(15)6-12(11)16/h4-6,10H,7-8,17H2,1-3H3. The van der Waals surface area contributed by atoms with Crippen molar-refractivity contribution < 1.29 is 9.18 Å². The van der Waals surface area contributed by atoms with Crippen molar-refractivity contribution in [3.05, 3.63) is 34.6 Å². The van der Waals surface area contributed by atoms with E-state index in [1.165, 1.54) is 12.1 Å². The summed E-state index contributed by atoms with van der Waals surface area (Å²) in [7, 11) is 0. The van der Waals surface area contributed by atoms with Crippen molar-refractivity contribution in [3.8, 4) is 0 Å². The predicted molar refractivity (Wildman–Crippen MR) is 72.4 cm³/mol. The molecule has 2 nitrogen and oxygen atoms in total. The van der Waals surface area contributed by atoms with Crippen LogP contribution in [0.1, 0.15) is 44.0 Å². The molecule has 0 aliphatic rings. The fourth-order valence-electron chi connectivity index (χ4n) is 1.92. The van der Waals surface area contributed by atoms with E-state index in [1.54, 1.807) is 0 Å². The van der Waals surface area contributed by atoms with Crippen molar-refractivity contribution in [3.63, 3.8) is 0 Å². The van der Waals surface area contributed by atoms with Crippen LogP contribution in [0.5, 0.6) is 0 Å². The second-order valence-electron chi connectivity index (χ2n) is 5.78. The number of halogens is 2. The van der Waals surface area contributed by atoms with Crippen LogP contribution in [0.2, 0.25) is 5.02 Å². The van der Waals surface area contributed by atoms with Gasteiger partial charge in [-0.2, -0.15) is 0 Å². The molecule has 0 radical (unpaired) electrons. The maximum Gasteiger partial charge on any atom is 0.167 e. The number of carbonyl (C=O) groups excluding carboxylic acids is 1. The van der Waals surface area contributed by atoms with Gasteiger partial charge in [-0.3, -0.25) is 4.79 Å². The Morgan fingerprint density at radius 3 is 2.56 bits per heavy atom. The molecule has 0 aliphatic heterocycles. The highest BCUT2D eigenvalue weighted by molar-refractivity contribution is 6.30. The van der Waals surface area contributed by atoms with Crippen molar-refractivity contribution in [2.45, 2.75) is 39.7 Å². The topological polar surface area (TPSA) is 43.1 Å². The summed E-state index contributed by atoms with van der Waals surface area (Å²) in [5, 5.41) is 0.281. The minimum absolute atomic E-state index is 0.0538. The molecule has 4 heteroatoms. The van der Waals surface area contributed by atoms with Crippen molar-refractivity contribution in [2.75, 3.05) is 0 Å². The molecule has 1 aromatic carbocycles. The molecule has 18 heavy (non-hydrogen) atoms. The molecule has 0 bridgehead atoms. The van der Waals surface area contributed by atoms with E-state index in [1.807, 2.05) is 0 Å². The van der Waals surface area contributed by atoms with Crippen LogP contribution in [0, 0.1) is 11.2 Å². The van der Waals surface area contributed by atoms with Gasteiger partial charge in [0.1, 0.15) is 5.82 Å². The Labute approximate surface area is 112 Å². The summed E-state index contributed by atoms with van der Waals surface area (Å²) in [6, 6.07) is 3.80. The minimum atomic E-state index is -0.588. The zero-order valence-electron chi connectivity index (χ0n) is 11.0. The Kier molecular flexibility index (Phi) is 4.88. The smallest absolute Gasteiger partial charge is 0.167 e. The van der Waals surface area contributed by atoms with E-state index in [9.17, 15) is 9.18 Å². The van der Waals surface area contributed by atoms with Gasteiger partial charge in [-0.1, -0.05) is 32.4 Å². The van der Waals surface area contributed by atoms with Gasteiger partial charge in [0.25, 0.3) is 0 Å². The third-order valence-electron chi connectivity index (χ3n) is 2.55. The first-order valence-corrected chi connectivity index (χ1v) is 6.31. The largest absolute Gasteiger partial charge is 0.327 e. The van der Waals surface area contributed by atoms with Crippen molar-refractivity contribution in [1.82, 2.24) is 0 Å².